The van der Waals surface area contributed by atoms with Crippen LogP contribution in [0.25, 0.3) is 0 Å². The van der Waals surface area contributed by atoms with Gasteiger partial charge in [0.25, 0.3) is 0 Å². The number of alkyl halides is 1. The van der Waals surface area contributed by atoms with E-state index in [2.05, 4.69) is 22.8 Å². The van der Waals surface area contributed by atoms with Crippen LogP contribution in [0.5, 0.6) is 0 Å². The molecule has 2 unspecified atom stereocenters. The number of hydrogen-bond donors (Lipinski definition) is 1. The zero-order valence-electron chi connectivity index (χ0n) is 9.82. The van der Waals surface area contributed by atoms with E-state index in [1.54, 1.807) is 11.3 Å². The maximum atomic E-state index is 11.7. The van der Waals surface area contributed by atoms with Gasteiger partial charge in [0.05, 0.1) is 5.38 Å². The van der Waals surface area contributed by atoms with Crippen molar-refractivity contribution in [2.24, 2.45) is 0 Å². The lowest BCUT2D eigenvalue weighted by molar-refractivity contribution is -0.121. The Hall–Kier alpha value is -0.540. The van der Waals surface area contributed by atoms with E-state index in [4.69, 9.17) is 11.6 Å². The molecule has 1 heterocycles. The van der Waals surface area contributed by atoms with Crippen molar-refractivity contribution in [1.82, 2.24) is 5.32 Å². The van der Waals surface area contributed by atoms with Crippen molar-refractivity contribution in [3.63, 3.8) is 0 Å². The van der Waals surface area contributed by atoms with Crippen LogP contribution in [0.2, 0.25) is 0 Å². The minimum atomic E-state index is 0.135. The number of thiophene rings is 1. The first-order valence-corrected chi connectivity index (χ1v) is 7.53. The third-order valence-corrected chi connectivity index (χ3v) is 4.64. The minimum absolute atomic E-state index is 0.135. The Balaban J connectivity index is 1.64. The molecule has 0 aromatic carbocycles. The molecule has 0 radical (unpaired) electrons. The Morgan fingerprint density at radius 1 is 1.53 bits per heavy atom. The van der Waals surface area contributed by atoms with Crippen molar-refractivity contribution in [1.29, 1.82) is 0 Å². The Labute approximate surface area is 111 Å². The van der Waals surface area contributed by atoms with Crippen molar-refractivity contribution < 1.29 is 4.79 Å². The van der Waals surface area contributed by atoms with Crippen molar-refractivity contribution in [3.05, 3.63) is 22.4 Å². The summed E-state index contributed by atoms with van der Waals surface area (Å²) in [4.78, 5) is 13.1. The van der Waals surface area contributed by atoms with Gasteiger partial charge in [0.1, 0.15) is 0 Å². The molecular weight excluding hydrogens is 254 g/mol. The van der Waals surface area contributed by atoms with Gasteiger partial charge in [-0.25, -0.2) is 0 Å². The van der Waals surface area contributed by atoms with E-state index in [0.29, 0.717) is 6.42 Å². The standard InChI is InChI=1S/C13H18ClNOS/c14-11-6-2-7-12(11)15-13(16)8-1-4-10-5-3-9-17-10/h3,5,9,11-12H,1-2,4,6-8H2,(H,15,16). The van der Waals surface area contributed by atoms with Crippen LogP contribution in [0.1, 0.15) is 37.0 Å². The smallest absolute Gasteiger partial charge is 0.220 e. The highest BCUT2D eigenvalue weighted by Gasteiger charge is 2.26. The predicted octanol–water partition coefficient (Wildman–Crippen LogP) is 3.35. The Bertz CT molecular complexity index is 352. The molecular formula is C13H18ClNOS. The van der Waals surface area contributed by atoms with Crippen LogP contribution in [0.3, 0.4) is 0 Å². The fourth-order valence-electron chi connectivity index (χ4n) is 2.23. The third-order valence-electron chi connectivity index (χ3n) is 3.19. The number of carbonyl (C=O) groups is 1. The maximum Gasteiger partial charge on any atom is 0.220 e. The molecule has 2 atom stereocenters. The van der Waals surface area contributed by atoms with Gasteiger partial charge >= 0.3 is 0 Å². The van der Waals surface area contributed by atoms with Crippen LogP contribution in [0.4, 0.5) is 0 Å². The number of rotatable bonds is 5. The summed E-state index contributed by atoms with van der Waals surface area (Å²) in [6.07, 6.45) is 5.73. The van der Waals surface area contributed by atoms with Gasteiger partial charge in [0.15, 0.2) is 0 Å². The van der Waals surface area contributed by atoms with Gasteiger partial charge in [-0.3, -0.25) is 4.79 Å². The lowest BCUT2D eigenvalue weighted by Crippen LogP contribution is -2.37. The van der Waals surface area contributed by atoms with Gasteiger partial charge in [-0.1, -0.05) is 6.07 Å². The van der Waals surface area contributed by atoms with E-state index in [9.17, 15) is 4.79 Å². The fourth-order valence-corrected chi connectivity index (χ4v) is 3.33. The number of hydrogen-bond acceptors (Lipinski definition) is 2. The van der Waals surface area contributed by atoms with E-state index in [-0.39, 0.29) is 17.3 Å². The van der Waals surface area contributed by atoms with Crippen molar-refractivity contribution in [2.45, 2.75) is 49.9 Å². The van der Waals surface area contributed by atoms with Gasteiger partial charge in [-0.05, 0) is 43.6 Å². The summed E-state index contributed by atoms with van der Waals surface area (Å²) in [5.41, 5.74) is 0. The third kappa shape index (κ3) is 4.00. The van der Waals surface area contributed by atoms with Crippen LogP contribution in [0.15, 0.2) is 17.5 Å². The van der Waals surface area contributed by atoms with Crippen LogP contribution in [-0.2, 0) is 11.2 Å². The molecule has 0 spiro atoms. The first-order chi connectivity index (χ1) is 8.25. The zero-order valence-corrected chi connectivity index (χ0v) is 11.4. The second-order valence-electron chi connectivity index (χ2n) is 4.55. The van der Waals surface area contributed by atoms with Crippen molar-refractivity contribution in [2.75, 3.05) is 0 Å². The Kier molecular flexibility index (Phi) is 4.86. The summed E-state index contributed by atoms with van der Waals surface area (Å²) >= 11 is 7.88. The molecule has 1 aliphatic carbocycles. The molecule has 1 N–H and O–H groups in total. The van der Waals surface area contributed by atoms with Gasteiger partial charge in [-0.2, -0.15) is 0 Å². The quantitative estimate of drug-likeness (QED) is 0.818. The van der Waals surface area contributed by atoms with Gasteiger partial charge in [0, 0.05) is 17.3 Å². The van der Waals surface area contributed by atoms with Crippen molar-refractivity contribution in [3.8, 4) is 0 Å². The monoisotopic (exact) mass is 271 g/mol. The zero-order chi connectivity index (χ0) is 12.1. The molecule has 0 aliphatic heterocycles. The second kappa shape index (κ2) is 6.41. The van der Waals surface area contributed by atoms with Crippen molar-refractivity contribution >= 4 is 28.8 Å². The first kappa shape index (κ1) is 12.9. The number of nitrogens with one attached hydrogen (secondary N) is 1. The number of aryl methyl sites for hydroxylation is 1. The molecule has 0 bridgehead atoms. The van der Waals surface area contributed by atoms with Gasteiger partial charge in [0.2, 0.25) is 5.91 Å². The predicted molar refractivity (Wildman–Crippen MR) is 72.7 cm³/mol. The van der Waals surface area contributed by atoms with Crippen LogP contribution in [-0.4, -0.2) is 17.3 Å². The Morgan fingerprint density at radius 3 is 3.06 bits per heavy atom. The minimum Gasteiger partial charge on any atom is -0.352 e. The first-order valence-electron chi connectivity index (χ1n) is 6.21. The van der Waals surface area contributed by atoms with Crippen LogP contribution >= 0.6 is 22.9 Å². The van der Waals surface area contributed by atoms with E-state index < -0.39 is 0 Å². The van der Waals surface area contributed by atoms with Gasteiger partial charge in [-0.15, -0.1) is 22.9 Å². The highest BCUT2D eigenvalue weighted by molar-refractivity contribution is 7.09. The second-order valence-corrected chi connectivity index (χ2v) is 6.15. The topological polar surface area (TPSA) is 29.1 Å². The summed E-state index contributed by atoms with van der Waals surface area (Å²) in [6, 6.07) is 4.37. The SMILES string of the molecule is O=C(CCCc1cccs1)NC1CCCC1Cl. The number of carbonyl (C=O) groups excluding carboxylic acids is 1. The summed E-state index contributed by atoms with van der Waals surface area (Å²) < 4.78 is 0. The number of halogens is 1. The molecule has 1 fully saturated rings. The normalized spacial score (nSPS) is 23.8. The maximum absolute atomic E-state index is 11.7. The summed E-state index contributed by atoms with van der Waals surface area (Å²) in [7, 11) is 0. The average molecular weight is 272 g/mol. The molecule has 94 valence electrons. The molecule has 0 saturated heterocycles. The molecule has 1 saturated carbocycles. The molecule has 1 aliphatic rings. The van der Waals surface area contributed by atoms with E-state index in [0.717, 1.165) is 32.1 Å². The van der Waals surface area contributed by atoms with Gasteiger partial charge < -0.3 is 5.32 Å². The molecule has 4 heteroatoms. The van der Waals surface area contributed by atoms with E-state index in [1.165, 1.54) is 4.88 Å². The summed E-state index contributed by atoms with van der Waals surface area (Å²) in [5.74, 6) is 0.152. The molecule has 1 amide bonds. The molecule has 2 nitrogen and oxygen atoms in total. The van der Waals surface area contributed by atoms with E-state index >= 15 is 0 Å². The van der Waals surface area contributed by atoms with Crippen LogP contribution in [0, 0.1) is 0 Å². The highest BCUT2D eigenvalue weighted by Crippen LogP contribution is 2.24. The molecule has 1 aromatic heterocycles. The average Bonchev–Trinajstić information content (AvgIpc) is 2.92. The molecule has 1 aromatic rings. The summed E-state index contributed by atoms with van der Waals surface area (Å²) in [6.45, 7) is 0. The lowest BCUT2D eigenvalue weighted by Gasteiger charge is -2.15. The highest BCUT2D eigenvalue weighted by atomic mass is 35.5. The largest absolute Gasteiger partial charge is 0.352 e. The molecule has 2 rings (SSSR count). The number of amides is 1. The summed E-state index contributed by atoms with van der Waals surface area (Å²) in [5, 5.41) is 5.25. The van der Waals surface area contributed by atoms with Crippen LogP contribution < -0.4 is 5.32 Å². The Morgan fingerprint density at radius 2 is 2.41 bits per heavy atom. The molecule has 17 heavy (non-hydrogen) atoms. The fraction of sp³-hybridized carbons (Fsp3) is 0.615. The van der Waals surface area contributed by atoms with E-state index in [1.807, 2.05) is 0 Å². The lowest BCUT2D eigenvalue weighted by atomic mass is 10.2.